The van der Waals surface area contributed by atoms with Crippen LogP contribution >= 0.6 is 0 Å². The van der Waals surface area contributed by atoms with E-state index < -0.39 is 18.6 Å². The van der Waals surface area contributed by atoms with Crippen molar-refractivity contribution in [1.29, 1.82) is 0 Å². The van der Waals surface area contributed by atoms with Gasteiger partial charge < -0.3 is 29.5 Å². The van der Waals surface area contributed by atoms with Crippen molar-refractivity contribution in [1.82, 2.24) is 25.4 Å². The van der Waals surface area contributed by atoms with E-state index in [1.165, 1.54) is 0 Å². The molecule has 1 amide bonds. The molecule has 11 nitrogen and oxygen atoms in total. The van der Waals surface area contributed by atoms with Gasteiger partial charge in [-0.15, -0.1) is 0 Å². The van der Waals surface area contributed by atoms with Crippen LogP contribution in [0.15, 0.2) is 22.7 Å². The molecule has 3 aromatic rings. The number of amides is 1. The van der Waals surface area contributed by atoms with E-state index in [1.54, 1.807) is 6.07 Å². The van der Waals surface area contributed by atoms with Gasteiger partial charge in [-0.05, 0) is 56.5 Å². The zero-order chi connectivity index (χ0) is 24.7. The van der Waals surface area contributed by atoms with Crippen molar-refractivity contribution in [3.05, 3.63) is 35.0 Å². The molecule has 0 aliphatic rings. The number of hydrogen-bond donors (Lipinski definition) is 3. The van der Waals surface area contributed by atoms with Gasteiger partial charge in [-0.25, -0.2) is 4.98 Å². The minimum Gasteiger partial charge on any atom is -0.490 e. The van der Waals surface area contributed by atoms with E-state index in [1.807, 2.05) is 39.8 Å². The average molecular weight is 472 g/mol. The Bertz CT molecular complexity index is 1110. The molecule has 3 N–H and O–H groups in total. The summed E-state index contributed by atoms with van der Waals surface area (Å²) in [4.78, 5) is 24.2. The average Bonchev–Trinajstić information content (AvgIpc) is 3.30. The highest BCUT2D eigenvalue weighted by Gasteiger charge is 2.17. The maximum Gasteiger partial charge on any atom is 0.317 e. The van der Waals surface area contributed by atoms with Crippen LogP contribution in [-0.2, 0) is 4.79 Å². The first-order chi connectivity index (χ1) is 16.3. The highest BCUT2D eigenvalue weighted by Crippen LogP contribution is 2.30. The predicted molar refractivity (Wildman–Crippen MR) is 122 cm³/mol. The van der Waals surface area contributed by atoms with Gasteiger partial charge in [0.1, 0.15) is 30.8 Å². The number of ether oxygens (including phenoxy) is 2. The molecule has 1 unspecified atom stereocenters. The molecule has 0 bridgehead atoms. The molecule has 1 aromatic carbocycles. The molecule has 11 heteroatoms. The van der Waals surface area contributed by atoms with Crippen molar-refractivity contribution in [3.8, 4) is 34.7 Å². The van der Waals surface area contributed by atoms with Gasteiger partial charge in [0.2, 0.25) is 11.7 Å². The second kappa shape index (κ2) is 11.5. The topological polar surface area (TPSA) is 153 Å². The first-order valence-electron chi connectivity index (χ1n) is 10.9. The lowest BCUT2D eigenvalue weighted by Crippen LogP contribution is -2.36. The van der Waals surface area contributed by atoms with Gasteiger partial charge in [-0.3, -0.25) is 4.79 Å². The summed E-state index contributed by atoms with van der Waals surface area (Å²) in [6.45, 7) is 7.43. The Kier molecular flexibility index (Phi) is 8.50. The molecular weight excluding hydrogens is 442 g/mol. The minimum absolute atomic E-state index is 0.0189. The Morgan fingerprint density at radius 2 is 1.85 bits per heavy atom. The molecule has 1 atom stereocenters. The third-order valence-electron chi connectivity index (χ3n) is 4.73. The van der Waals surface area contributed by atoms with E-state index in [0.717, 1.165) is 28.8 Å². The molecule has 0 saturated heterocycles. The molecule has 0 fully saturated rings. The summed E-state index contributed by atoms with van der Waals surface area (Å²) in [6.07, 6.45) is -0.0779. The van der Waals surface area contributed by atoms with Crippen LogP contribution in [0.4, 0.5) is 0 Å². The second-order valence-corrected chi connectivity index (χ2v) is 7.81. The molecule has 0 spiro atoms. The van der Waals surface area contributed by atoms with Crippen LogP contribution in [0.2, 0.25) is 0 Å². The minimum atomic E-state index is -0.920. The molecule has 3 rings (SSSR count). The number of aliphatic hydroxyl groups is 2. The summed E-state index contributed by atoms with van der Waals surface area (Å²) >= 11 is 0. The standard InChI is InChI=1S/C23H29N5O6/c1-5-6-32-23-25-15(4)9-18(26-23)22-27-21(28-34-22)16-7-13(2)20(14(3)8-16)33-12-17(30)10-24-19(31)11-29/h7-9,17,29-30H,5-6,10-12H2,1-4H3,(H,24,31). The first-order valence-corrected chi connectivity index (χ1v) is 10.9. The molecule has 182 valence electrons. The van der Waals surface area contributed by atoms with E-state index in [-0.39, 0.29) is 25.1 Å². The fraction of sp³-hybridized carbons (Fsp3) is 0.435. The maximum atomic E-state index is 11.1. The monoisotopic (exact) mass is 471 g/mol. The predicted octanol–water partition coefficient (Wildman–Crippen LogP) is 1.76. The van der Waals surface area contributed by atoms with Gasteiger partial charge >= 0.3 is 6.01 Å². The molecule has 0 radical (unpaired) electrons. The number of aromatic nitrogens is 4. The number of aliphatic hydroxyl groups excluding tert-OH is 2. The number of hydrogen-bond acceptors (Lipinski definition) is 10. The van der Waals surface area contributed by atoms with Crippen LogP contribution in [0.3, 0.4) is 0 Å². The molecule has 0 saturated carbocycles. The highest BCUT2D eigenvalue weighted by atomic mass is 16.5. The fourth-order valence-corrected chi connectivity index (χ4v) is 3.19. The number of nitrogens with zero attached hydrogens (tertiary/aromatic N) is 4. The van der Waals surface area contributed by atoms with E-state index >= 15 is 0 Å². The number of carbonyl (C=O) groups excluding carboxylic acids is 1. The smallest absolute Gasteiger partial charge is 0.317 e. The zero-order valence-electron chi connectivity index (χ0n) is 19.7. The normalized spacial score (nSPS) is 11.8. The maximum absolute atomic E-state index is 11.1. The van der Waals surface area contributed by atoms with Crippen molar-refractivity contribution in [2.75, 3.05) is 26.4 Å². The van der Waals surface area contributed by atoms with Crippen molar-refractivity contribution in [2.45, 2.75) is 40.2 Å². The third-order valence-corrected chi connectivity index (χ3v) is 4.73. The van der Waals surface area contributed by atoms with Gasteiger partial charge in [0.15, 0.2) is 0 Å². The largest absolute Gasteiger partial charge is 0.490 e. The molecular formula is C23H29N5O6. The first kappa shape index (κ1) is 25.1. The van der Waals surface area contributed by atoms with E-state index in [2.05, 4.69) is 25.4 Å². The molecule has 0 aliphatic carbocycles. The van der Waals surface area contributed by atoms with Crippen molar-refractivity contribution in [2.24, 2.45) is 0 Å². The van der Waals surface area contributed by atoms with Crippen LogP contribution in [0.5, 0.6) is 11.8 Å². The summed E-state index contributed by atoms with van der Waals surface area (Å²) in [6, 6.07) is 5.73. The third kappa shape index (κ3) is 6.49. The van der Waals surface area contributed by atoms with Gasteiger partial charge in [0.25, 0.3) is 5.89 Å². The van der Waals surface area contributed by atoms with Crippen LogP contribution in [0.1, 0.15) is 30.2 Å². The number of nitrogens with one attached hydrogen (secondary N) is 1. The Labute approximate surface area is 197 Å². The van der Waals surface area contributed by atoms with Crippen LogP contribution in [0.25, 0.3) is 23.0 Å². The van der Waals surface area contributed by atoms with Gasteiger partial charge in [0.05, 0.1) is 6.61 Å². The van der Waals surface area contributed by atoms with E-state index in [0.29, 0.717) is 23.9 Å². The number of rotatable bonds is 11. The van der Waals surface area contributed by atoms with Gasteiger partial charge in [0, 0.05) is 17.8 Å². The summed E-state index contributed by atoms with van der Waals surface area (Å²) in [5.41, 5.74) is 3.58. The highest BCUT2D eigenvalue weighted by molar-refractivity contribution is 5.76. The number of carbonyl (C=O) groups is 1. The summed E-state index contributed by atoms with van der Waals surface area (Å²) in [5.74, 6) is 0.707. The quantitative estimate of drug-likeness (QED) is 0.377. The van der Waals surface area contributed by atoms with Gasteiger partial charge in [-0.1, -0.05) is 12.1 Å². The lowest BCUT2D eigenvalue weighted by atomic mass is 10.1. The van der Waals surface area contributed by atoms with Crippen molar-refractivity contribution >= 4 is 5.91 Å². The van der Waals surface area contributed by atoms with Crippen LogP contribution in [-0.4, -0.2) is 68.7 Å². The summed E-state index contributed by atoms with van der Waals surface area (Å²) < 4.78 is 16.7. The SMILES string of the molecule is CCCOc1nc(C)cc(-c2nc(-c3cc(C)c(OCC(O)CNC(=O)CO)c(C)c3)no2)n1. The van der Waals surface area contributed by atoms with Crippen LogP contribution in [0, 0.1) is 20.8 Å². The molecule has 2 heterocycles. The molecule has 2 aromatic heterocycles. The van der Waals surface area contributed by atoms with Crippen LogP contribution < -0.4 is 14.8 Å². The second-order valence-electron chi connectivity index (χ2n) is 7.81. The fourth-order valence-electron chi connectivity index (χ4n) is 3.19. The Morgan fingerprint density at radius 3 is 2.53 bits per heavy atom. The Hall–Kier alpha value is -3.57. The number of aryl methyl sites for hydroxylation is 3. The van der Waals surface area contributed by atoms with E-state index in [4.69, 9.17) is 19.1 Å². The lowest BCUT2D eigenvalue weighted by Gasteiger charge is -2.16. The van der Waals surface area contributed by atoms with E-state index in [9.17, 15) is 9.90 Å². The van der Waals surface area contributed by atoms with Crippen molar-refractivity contribution in [3.63, 3.8) is 0 Å². The molecule has 0 aliphatic heterocycles. The Morgan fingerprint density at radius 1 is 1.12 bits per heavy atom. The lowest BCUT2D eigenvalue weighted by molar-refractivity contribution is -0.124. The van der Waals surface area contributed by atoms with Crippen molar-refractivity contribution < 1.29 is 29.0 Å². The molecule has 34 heavy (non-hydrogen) atoms. The Balaban J connectivity index is 1.73. The summed E-state index contributed by atoms with van der Waals surface area (Å²) in [7, 11) is 0. The number of benzene rings is 1. The zero-order valence-corrected chi connectivity index (χ0v) is 19.7. The van der Waals surface area contributed by atoms with Gasteiger partial charge in [-0.2, -0.15) is 9.97 Å². The summed E-state index contributed by atoms with van der Waals surface area (Å²) in [5, 5.41) is 25.2.